The lowest BCUT2D eigenvalue weighted by Gasteiger charge is -2.21. The number of alkyl halides is 3. The summed E-state index contributed by atoms with van der Waals surface area (Å²) in [7, 11) is 0. The van der Waals surface area contributed by atoms with E-state index in [1.807, 2.05) is 38.1 Å². The van der Waals surface area contributed by atoms with E-state index in [4.69, 9.17) is 0 Å². The molecule has 3 aromatic rings. The van der Waals surface area contributed by atoms with Gasteiger partial charge in [-0.2, -0.15) is 18.3 Å². The maximum absolute atomic E-state index is 13.0. The molecule has 9 heteroatoms. The second kappa shape index (κ2) is 9.42. The molecule has 170 valence electrons. The summed E-state index contributed by atoms with van der Waals surface area (Å²) < 4.78 is 39.9. The zero-order chi connectivity index (χ0) is 23.5. The number of benzene rings is 1. The highest BCUT2D eigenvalue weighted by Gasteiger charge is 2.31. The average Bonchev–Trinajstić information content (AvgIpc) is 3.21. The Labute approximate surface area is 185 Å². The smallest absolute Gasteiger partial charge is 0.372 e. The number of halogens is 3. The molecule has 1 N–H and O–H groups in total. The van der Waals surface area contributed by atoms with E-state index in [1.165, 1.54) is 16.9 Å². The topological polar surface area (TPSA) is 63.1 Å². The van der Waals surface area contributed by atoms with Crippen LogP contribution in [0.1, 0.15) is 55.2 Å². The standard InChI is InChI=1S/C23H26F3N5O/c1-5-30(6-2)18-10-8-17(9-11-18)29-22(32)19-14-28-31(21(19)15(3)4)20-12-7-16(13-27-20)23(24,25)26/h7-15H,5-6H2,1-4H3,(H,29,32). The summed E-state index contributed by atoms with van der Waals surface area (Å²) >= 11 is 0. The second-order valence-corrected chi connectivity index (χ2v) is 7.59. The van der Waals surface area contributed by atoms with Crippen molar-refractivity contribution in [2.45, 2.75) is 39.8 Å². The number of pyridine rings is 1. The molecule has 2 aromatic heterocycles. The molecule has 0 saturated carbocycles. The minimum absolute atomic E-state index is 0.118. The zero-order valence-electron chi connectivity index (χ0n) is 18.4. The van der Waals surface area contributed by atoms with Gasteiger partial charge in [-0.15, -0.1) is 0 Å². The molecule has 0 fully saturated rings. The fourth-order valence-corrected chi connectivity index (χ4v) is 3.49. The van der Waals surface area contributed by atoms with Crippen LogP contribution in [0.3, 0.4) is 0 Å². The van der Waals surface area contributed by atoms with Gasteiger partial charge in [-0.05, 0) is 56.2 Å². The molecular formula is C23H26F3N5O. The maximum atomic E-state index is 13.0. The summed E-state index contributed by atoms with van der Waals surface area (Å²) in [5.74, 6) is -0.251. The molecule has 0 saturated heterocycles. The van der Waals surface area contributed by atoms with E-state index in [9.17, 15) is 18.0 Å². The Balaban J connectivity index is 1.86. The number of carbonyl (C=O) groups is 1. The van der Waals surface area contributed by atoms with Crippen LogP contribution in [0.5, 0.6) is 0 Å². The third-order valence-corrected chi connectivity index (χ3v) is 5.14. The number of amides is 1. The molecular weight excluding hydrogens is 419 g/mol. The minimum Gasteiger partial charge on any atom is -0.372 e. The minimum atomic E-state index is -4.47. The molecule has 1 aromatic carbocycles. The van der Waals surface area contributed by atoms with E-state index in [1.54, 1.807) is 0 Å². The molecule has 0 unspecified atom stereocenters. The fourth-order valence-electron chi connectivity index (χ4n) is 3.49. The molecule has 6 nitrogen and oxygen atoms in total. The Morgan fingerprint density at radius 3 is 2.22 bits per heavy atom. The zero-order valence-corrected chi connectivity index (χ0v) is 18.4. The van der Waals surface area contributed by atoms with E-state index in [0.29, 0.717) is 16.9 Å². The summed E-state index contributed by atoms with van der Waals surface area (Å²) in [6, 6.07) is 9.76. The Hall–Kier alpha value is -3.36. The van der Waals surface area contributed by atoms with Crippen molar-refractivity contribution >= 4 is 17.3 Å². The predicted molar refractivity (Wildman–Crippen MR) is 118 cm³/mol. The van der Waals surface area contributed by atoms with Gasteiger partial charge in [-0.1, -0.05) is 13.8 Å². The molecule has 0 radical (unpaired) electrons. The van der Waals surface area contributed by atoms with Crippen molar-refractivity contribution in [2.75, 3.05) is 23.3 Å². The summed E-state index contributed by atoms with van der Waals surface area (Å²) in [4.78, 5) is 19.1. The van der Waals surface area contributed by atoms with Gasteiger partial charge in [-0.3, -0.25) is 4.79 Å². The first kappa shape index (κ1) is 23.3. The van der Waals surface area contributed by atoms with Crippen LogP contribution in [-0.2, 0) is 6.18 Å². The van der Waals surface area contributed by atoms with Gasteiger partial charge in [0.1, 0.15) is 0 Å². The van der Waals surface area contributed by atoms with Gasteiger partial charge in [0.15, 0.2) is 5.82 Å². The SMILES string of the molecule is CCN(CC)c1ccc(NC(=O)c2cnn(-c3ccc(C(F)(F)F)cn3)c2C(C)C)cc1. The molecule has 32 heavy (non-hydrogen) atoms. The van der Waals surface area contributed by atoms with Crippen molar-refractivity contribution in [1.82, 2.24) is 14.8 Å². The Morgan fingerprint density at radius 1 is 1.06 bits per heavy atom. The lowest BCUT2D eigenvalue weighted by molar-refractivity contribution is -0.137. The Morgan fingerprint density at radius 2 is 1.72 bits per heavy atom. The van der Waals surface area contributed by atoms with Crippen LogP contribution >= 0.6 is 0 Å². The number of aromatic nitrogens is 3. The third kappa shape index (κ3) is 4.92. The number of hydrogen-bond acceptors (Lipinski definition) is 4. The van der Waals surface area contributed by atoms with Crippen molar-refractivity contribution in [2.24, 2.45) is 0 Å². The maximum Gasteiger partial charge on any atom is 0.417 e. The monoisotopic (exact) mass is 445 g/mol. The lowest BCUT2D eigenvalue weighted by atomic mass is 10.1. The van der Waals surface area contributed by atoms with Gasteiger partial charge in [0, 0.05) is 30.7 Å². The molecule has 0 bridgehead atoms. The first-order valence-corrected chi connectivity index (χ1v) is 10.4. The van der Waals surface area contributed by atoms with Crippen molar-refractivity contribution in [1.29, 1.82) is 0 Å². The van der Waals surface area contributed by atoms with Crippen molar-refractivity contribution in [3.63, 3.8) is 0 Å². The highest BCUT2D eigenvalue weighted by atomic mass is 19.4. The summed E-state index contributed by atoms with van der Waals surface area (Å²) in [6.45, 7) is 9.69. The van der Waals surface area contributed by atoms with Crippen LogP contribution in [0.25, 0.3) is 5.82 Å². The van der Waals surface area contributed by atoms with Gasteiger partial charge in [0.05, 0.1) is 23.0 Å². The second-order valence-electron chi connectivity index (χ2n) is 7.59. The van der Waals surface area contributed by atoms with Gasteiger partial charge < -0.3 is 10.2 Å². The molecule has 0 atom stereocenters. The molecule has 0 aliphatic heterocycles. The van der Waals surface area contributed by atoms with Crippen LogP contribution in [0, 0.1) is 0 Å². The molecule has 0 aliphatic rings. The van der Waals surface area contributed by atoms with Gasteiger partial charge in [-0.25, -0.2) is 9.67 Å². The highest BCUT2D eigenvalue weighted by Crippen LogP contribution is 2.29. The van der Waals surface area contributed by atoms with Crippen LogP contribution in [0.15, 0.2) is 48.8 Å². The summed E-state index contributed by atoms with van der Waals surface area (Å²) in [6.07, 6.45) is -2.30. The molecule has 1 amide bonds. The predicted octanol–water partition coefficient (Wildman–Crippen LogP) is 5.51. The molecule has 0 spiro atoms. The average molecular weight is 445 g/mol. The largest absolute Gasteiger partial charge is 0.417 e. The van der Waals surface area contributed by atoms with Crippen molar-refractivity contribution < 1.29 is 18.0 Å². The number of nitrogens with one attached hydrogen (secondary N) is 1. The number of hydrogen-bond donors (Lipinski definition) is 1. The fraction of sp³-hybridized carbons (Fsp3) is 0.348. The van der Waals surface area contributed by atoms with E-state index in [-0.39, 0.29) is 17.6 Å². The summed E-state index contributed by atoms with van der Waals surface area (Å²) in [5, 5.41) is 7.10. The third-order valence-electron chi connectivity index (χ3n) is 5.14. The Bertz CT molecular complexity index is 1050. The number of anilines is 2. The molecule has 3 rings (SSSR count). The first-order valence-electron chi connectivity index (χ1n) is 10.4. The van der Waals surface area contributed by atoms with Crippen LogP contribution in [0.4, 0.5) is 24.5 Å². The lowest BCUT2D eigenvalue weighted by Crippen LogP contribution is -2.21. The van der Waals surface area contributed by atoms with Crippen molar-refractivity contribution in [3.8, 4) is 5.82 Å². The van der Waals surface area contributed by atoms with Crippen LogP contribution < -0.4 is 10.2 Å². The highest BCUT2D eigenvalue weighted by molar-refractivity contribution is 6.05. The van der Waals surface area contributed by atoms with Crippen LogP contribution in [0.2, 0.25) is 0 Å². The number of carbonyl (C=O) groups excluding carboxylic acids is 1. The van der Waals surface area contributed by atoms with Crippen molar-refractivity contribution in [3.05, 3.63) is 65.6 Å². The number of rotatable bonds is 7. The molecule has 2 heterocycles. The van der Waals surface area contributed by atoms with Gasteiger partial charge in [0.25, 0.3) is 5.91 Å². The van der Waals surface area contributed by atoms with E-state index < -0.39 is 11.7 Å². The van der Waals surface area contributed by atoms with E-state index in [0.717, 1.165) is 31.0 Å². The van der Waals surface area contributed by atoms with E-state index >= 15 is 0 Å². The Kier molecular flexibility index (Phi) is 6.86. The first-order chi connectivity index (χ1) is 15.2. The van der Waals surface area contributed by atoms with Gasteiger partial charge in [0.2, 0.25) is 0 Å². The van der Waals surface area contributed by atoms with Gasteiger partial charge >= 0.3 is 6.18 Å². The number of nitrogens with zero attached hydrogens (tertiary/aromatic N) is 4. The normalized spacial score (nSPS) is 11.6. The summed E-state index contributed by atoms with van der Waals surface area (Å²) in [5.41, 5.74) is 1.77. The quantitative estimate of drug-likeness (QED) is 0.521. The van der Waals surface area contributed by atoms with E-state index in [2.05, 4.69) is 34.1 Å². The van der Waals surface area contributed by atoms with Crippen LogP contribution in [-0.4, -0.2) is 33.8 Å². The molecule has 0 aliphatic carbocycles.